The highest BCUT2D eigenvalue weighted by atomic mass is 32.2. The van der Waals surface area contributed by atoms with Crippen LogP contribution < -0.4 is 5.32 Å². The summed E-state index contributed by atoms with van der Waals surface area (Å²) in [6, 6.07) is 5.02. The first-order valence-corrected chi connectivity index (χ1v) is 12.4. The van der Waals surface area contributed by atoms with Gasteiger partial charge < -0.3 is 10.1 Å². The fraction of sp³-hybridized carbons (Fsp3) is 0.652. The van der Waals surface area contributed by atoms with Gasteiger partial charge in [0.15, 0.2) is 21.2 Å². The third-order valence-electron chi connectivity index (χ3n) is 6.88. The van der Waals surface area contributed by atoms with Gasteiger partial charge in [0, 0.05) is 6.04 Å². The molecule has 6 nitrogen and oxygen atoms in total. The quantitative estimate of drug-likeness (QED) is 0.689. The summed E-state index contributed by atoms with van der Waals surface area (Å²) in [5, 5.41) is 2.95. The van der Waals surface area contributed by atoms with Crippen molar-refractivity contribution in [2.75, 3.05) is 6.61 Å². The first-order chi connectivity index (χ1) is 14.2. The maximum absolute atomic E-state index is 13.5. The largest absolute Gasteiger partial charge is 0.454 e. The summed E-state index contributed by atoms with van der Waals surface area (Å²) < 4.78 is 30.6. The van der Waals surface area contributed by atoms with E-state index in [0.717, 1.165) is 30.4 Å². The minimum absolute atomic E-state index is 0.0876. The molecule has 0 bridgehead atoms. The summed E-state index contributed by atoms with van der Waals surface area (Å²) in [5.41, 5.74) is 1.85. The molecule has 2 unspecified atom stereocenters. The van der Waals surface area contributed by atoms with E-state index in [4.69, 9.17) is 4.74 Å². The van der Waals surface area contributed by atoms with Gasteiger partial charge in [-0.25, -0.2) is 8.42 Å². The maximum atomic E-state index is 13.5. The molecule has 3 rings (SSSR count). The zero-order chi connectivity index (χ0) is 21.9. The molecule has 0 radical (unpaired) electrons. The second-order valence-electron chi connectivity index (χ2n) is 8.96. The predicted molar refractivity (Wildman–Crippen MR) is 115 cm³/mol. The highest BCUT2D eigenvalue weighted by molar-refractivity contribution is 7.93. The summed E-state index contributed by atoms with van der Waals surface area (Å²) in [4.78, 5) is 25.5. The van der Waals surface area contributed by atoms with Crippen molar-refractivity contribution in [3.8, 4) is 0 Å². The highest BCUT2D eigenvalue weighted by Crippen LogP contribution is 2.41. The maximum Gasteiger partial charge on any atom is 0.328 e. The molecule has 2 aliphatic rings. The second-order valence-corrected chi connectivity index (χ2v) is 11.2. The van der Waals surface area contributed by atoms with E-state index in [1.165, 1.54) is 6.42 Å². The van der Waals surface area contributed by atoms with Crippen molar-refractivity contribution in [3.63, 3.8) is 0 Å². The minimum atomic E-state index is -3.93. The topological polar surface area (TPSA) is 89.5 Å². The molecule has 0 aliphatic heterocycles. The third kappa shape index (κ3) is 4.41. The number of carbonyl (C=O) groups is 2. The lowest BCUT2D eigenvalue weighted by atomic mass is 9.86. The lowest BCUT2D eigenvalue weighted by Crippen LogP contribution is -2.47. The molecule has 0 saturated heterocycles. The molecule has 2 aliphatic carbocycles. The van der Waals surface area contributed by atoms with E-state index in [1.54, 1.807) is 18.2 Å². The van der Waals surface area contributed by atoms with Crippen LogP contribution in [0.25, 0.3) is 0 Å². The van der Waals surface area contributed by atoms with E-state index in [2.05, 4.69) is 12.2 Å². The van der Waals surface area contributed by atoms with Gasteiger partial charge >= 0.3 is 5.97 Å². The van der Waals surface area contributed by atoms with Crippen molar-refractivity contribution in [1.29, 1.82) is 0 Å². The van der Waals surface area contributed by atoms with Crippen LogP contribution in [0.15, 0.2) is 23.1 Å². The molecule has 0 heterocycles. The number of esters is 1. The van der Waals surface area contributed by atoms with Crippen LogP contribution in [0.1, 0.15) is 69.4 Å². The molecule has 1 N–H and O–H groups in total. The number of amides is 1. The Morgan fingerprint density at radius 3 is 2.37 bits per heavy atom. The molecular weight excluding hydrogens is 402 g/mol. The van der Waals surface area contributed by atoms with Crippen LogP contribution in [-0.4, -0.2) is 37.7 Å². The van der Waals surface area contributed by atoms with Gasteiger partial charge in [-0.3, -0.25) is 9.59 Å². The van der Waals surface area contributed by atoms with E-state index in [0.29, 0.717) is 18.8 Å². The third-order valence-corrected chi connectivity index (χ3v) is 9.36. The molecule has 166 valence electrons. The monoisotopic (exact) mass is 435 g/mol. The van der Waals surface area contributed by atoms with Crippen molar-refractivity contribution >= 4 is 21.7 Å². The minimum Gasteiger partial charge on any atom is -0.454 e. The molecule has 7 heteroatoms. The van der Waals surface area contributed by atoms with Crippen molar-refractivity contribution < 1.29 is 22.7 Å². The van der Waals surface area contributed by atoms with Gasteiger partial charge in [0.25, 0.3) is 5.91 Å². The van der Waals surface area contributed by atoms with Gasteiger partial charge in [0.05, 0.1) is 4.90 Å². The Morgan fingerprint density at radius 2 is 1.73 bits per heavy atom. The number of rotatable bonds is 6. The number of carbonyl (C=O) groups excluding carboxylic acids is 2. The van der Waals surface area contributed by atoms with Crippen LogP contribution in [-0.2, 0) is 24.2 Å². The number of ether oxygens (including phenoxy) is 1. The standard InChI is InChI=1S/C23H33NO5S/c1-16-10-11-19(14-18(16)3)30(27,28)23(12-6-7-13-23)22(26)29-15-21(25)24-20-9-5-4-8-17(20)2/h10-11,14,17,20H,4-9,12-13,15H2,1-3H3,(H,24,25). The molecule has 1 aromatic carbocycles. The van der Waals surface area contributed by atoms with Crippen LogP contribution in [0, 0.1) is 19.8 Å². The average Bonchev–Trinajstić information content (AvgIpc) is 3.22. The van der Waals surface area contributed by atoms with Gasteiger partial charge in [-0.15, -0.1) is 0 Å². The van der Waals surface area contributed by atoms with E-state index in [9.17, 15) is 18.0 Å². The summed E-state index contributed by atoms with van der Waals surface area (Å²) in [7, 11) is -3.93. The molecule has 2 fully saturated rings. The summed E-state index contributed by atoms with van der Waals surface area (Å²) >= 11 is 0. The number of hydrogen-bond acceptors (Lipinski definition) is 5. The van der Waals surface area contributed by atoms with E-state index < -0.39 is 27.2 Å². The van der Waals surface area contributed by atoms with Crippen LogP contribution in [0.2, 0.25) is 0 Å². The van der Waals surface area contributed by atoms with E-state index >= 15 is 0 Å². The molecule has 0 spiro atoms. The normalized spacial score (nSPS) is 23.7. The first kappa shape index (κ1) is 22.8. The molecule has 30 heavy (non-hydrogen) atoms. The lowest BCUT2D eigenvalue weighted by Gasteiger charge is -2.30. The number of benzene rings is 1. The number of aryl methyl sites for hydroxylation is 2. The fourth-order valence-electron chi connectivity index (χ4n) is 4.68. The average molecular weight is 436 g/mol. The van der Waals surface area contributed by atoms with Crippen molar-refractivity contribution in [3.05, 3.63) is 29.3 Å². The van der Waals surface area contributed by atoms with Crippen molar-refractivity contribution in [2.45, 2.75) is 87.8 Å². The predicted octanol–water partition coefficient (Wildman–Crippen LogP) is 3.63. The Kier molecular flexibility index (Phi) is 6.90. The summed E-state index contributed by atoms with van der Waals surface area (Å²) in [5.74, 6) is -0.770. The Hall–Kier alpha value is -1.89. The summed E-state index contributed by atoms with van der Waals surface area (Å²) in [6.45, 7) is 5.44. The van der Waals surface area contributed by atoms with Gasteiger partial charge in [0.2, 0.25) is 0 Å². The Bertz CT molecular complexity index is 902. The van der Waals surface area contributed by atoms with Crippen LogP contribution >= 0.6 is 0 Å². The zero-order valence-corrected chi connectivity index (χ0v) is 19.0. The molecular formula is C23H33NO5S. The smallest absolute Gasteiger partial charge is 0.328 e. The Morgan fingerprint density at radius 1 is 1.07 bits per heavy atom. The van der Waals surface area contributed by atoms with E-state index in [1.807, 2.05) is 13.8 Å². The molecule has 2 atom stereocenters. The molecule has 1 amide bonds. The SMILES string of the molecule is Cc1ccc(S(=O)(=O)C2(C(=O)OCC(=O)NC3CCCCC3C)CCCC2)cc1C. The van der Waals surface area contributed by atoms with Crippen LogP contribution in [0.4, 0.5) is 0 Å². The van der Waals surface area contributed by atoms with Gasteiger partial charge in [-0.1, -0.05) is 38.7 Å². The Labute approximate surface area is 179 Å². The molecule has 0 aromatic heterocycles. The van der Waals surface area contributed by atoms with Gasteiger partial charge in [-0.05, 0) is 68.7 Å². The second kappa shape index (κ2) is 9.08. The highest BCUT2D eigenvalue weighted by Gasteiger charge is 2.54. The molecule has 1 aromatic rings. The van der Waals surface area contributed by atoms with Crippen LogP contribution in [0.5, 0.6) is 0 Å². The van der Waals surface area contributed by atoms with Gasteiger partial charge in [0.1, 0.15) is 0 Å². The molecule has 2 saturated carbocycles. The fourth-order valence-corrected chi connectivity index (χ4v) is 6.81. The van der Waals surface area contributed by atoms with Crippen LogP contribution in [0.3, 0.4) is 0 Å². The van der Waals surface area contributed by atoms with E-state index in [-0.39, 0.29) is 29.7 Å². The number of hydrogen-bond donors (Lipinski definition) is 1. The van der Waals surface area contributed by atoms with Crippen molar-refractivity contribution in [1.82, 2.24) is 5.32 Å². The van der Waals surface area contributed by atoms with Crippen molar-refractivity contribution in [2.24, 2.45) is 5.92 Å². The number of nitrogens with one attached hydrogen (secondary N) is 1. The zero-order valence-electron chi connectivity index (χ0n) is 18.2. The first-order valence-electron chi connectivity index (χ1n) is 11.0. The summed E-state index contributed by atoms with van der Waals surface area (Å²) in [6.07, 6.45) is 5.97. The lowest BCUT2D eigenvalue weighted by molar-refractivity contribution is -0.151. The number of sulfone groups is 1. The Balaban J connectivity index is 1.72. The van der Waals surface area contributed by atoms with Gasteiger partial charge in [-0.2, -0.15) is 0 Å².